The van der Waals surface area contributed by atoms with Crippen LogP contribution < -0.4 is 0 Å². The molecule has 0 spiro atoms. The zero-order valence-electron chi connectivity index (χ0n) is 10.3. The number of rotatable bonds is 4. The summed E-state index contributed by atoms with van der Waals surface area (Å²) in [5.74, 6) is 0.485. The molecular formula is C14H20Cl2Si. The van der Waals surface area contributed by atoms with Crippen molar-refractivity contribution < 1.29 is 0 Å². The van der Waals surface area contributed by atoms with Crippen LogP contribution in [0.4, 0.5) is 0 Å². The van der Waals surface area contributed by atoms with E-state index in [-0.39, 0.29) is 0 Å². The van der Waals surface area contributed by atoms with Gasteiger partial charge in [0.05, 0.1) is 0 Å². The molecule has 2 rings (SSSR count). The van der Waals surface area contributed by atoms with Gasteiger partial charge in [0, 0.05) is 0 Å². The third-order valence-corrected chi connectivity index (χ3v) is 9.61. The van der Waals surface area contributed by atoms with Gasteiger partial charge < -0.3 is 0 Å². The van der Waals surface area contributed by atoms with Crippen LogP contribution >= 0.6 is 22.2 Å². The van der Waals surface area contributed by atoms with Crippen LogP contribution in [0.25, 0.3) is 0 Å². The molecule has 0 heterocycles. The Kier molecular flexibility index (Phi) is 4.57. The van der Waals surface area contributed by atoms with Crippen LogP contribution in [0, 0.1) is 0 Å². The minimum Gasteiger partial charge on any atom is -0.146 e. The molecule has 1 unspecified atom stereocenters. The average Bonchev–Trinajstić information content (AvgIpc) is 2.84. The summed E-state index contributed by atoms with van der Waals surface area (Å²) in [6.07, 6.45) is 5.14. The highest BCUT2D eigenvalue weighted by molar-refractivity contribution is 7.46. The molecule has 17 heavy (non-hydrogen) atoms. The number of hydrogen-bond acceptors (Lipinski definition) is 0. The minimum atomic E-state index is -2.07. The van der Waals surface area contributed by atoms with Gasteiger partial charge in [0.15, 0.2) is 0 Å². The average molecular weight is 287 g/mol. The molecule has 94 valence electrons. The van der Waals surface area contributed by atoms with Crippen LogP contribution in [0.1, 0.15) is 44.1 Å². The maximum absolute atomic E-state index is 6.69. The van der Waals surface area contributed by atoms with E-state index in [4.69, 9.17) is 22.2 Å². The van der Waals surface area contributed by atoms with E-state index in [0.717, 1.165) is 6.04 Å². The molecule has 0 bridgehead atoms. The lowest BCUT2D eigenvalue weighted by Crippen LogP contribution is -2.27. The SMILES string of the molecule is CC(C[Si](Cl)(Cl)C1CCCC1)c1ccccc1. The molecule has 0 N–H and O–H groups in total. The van der Waals surface area contributed by atoms with Crippen molar-refractivity contribution >= 4 is 28.9 Å². The van der Waals surface area contributed by atoms with Gasteiger partial charge in [0.1, 0.15) is 0 Å². The lowest BCUT2D eigenvalue weighted by atomic mass is 10.0. The van der Waals surface area contributed by atoms with E-state index in [2.05, 4.69) is 37.3 Å². The van der Waals surface area contributed by atoms with E-state index in [0.29, 0.717) is 11.5 Å². The maximum Gasteiger partial charge on any atom is 0.254 e. The van der Waals surface area contributed by atoms with E-state index in [1.807, 2.05) is 0 Å². The molecule has 0 saturated heterocycles. The van der Waals surface area contributed by atoms with Gasteiger partial charge in [-0.3, -0.25) is 0 Å². The highest BCUT2D eigenvalue weighted by Gasteiger charge is 2.41. The maximum atomic E-state index is 6.69. The van der Waals surface area contributed by atoms with Gasteiger partial charge in [-0.25, -0.2) is 0 Å². The Morgan fingerprint density at radius 2 is 1.76 bits per heavy atom. The Bertz CT molecular complexity index is 344. The monoisotopic (exact) mass is 286 g/mol. The van der Waals surface area contributed by atoms with Gasteiger partial charge in [-0.2, -0.15) is 0 Å². The van der Waals surface area contributed by atoms with Crippen molar-refractivity contribution in [1.82, 2.24) is 0 Å². The van der Waals surface area contributed by atoms with E-state index in [1.165, 1.54) is 31.2 Å². The Morgan fingerprint density at radius 3 is 2.35 bits per heavy atom. The fourth-order valence-corrected chi connectivity index (χ4v) is 8.16. The highest BCUT2D eigenvalue weighted by atomic mass is 35.7. The molecule has 0 radical (unpaired) electrons. The van der Waals surface area contributed by atoms with Crippen molar-refractivity contribution in [2.45, 2.75) is 50.1 Å². The second-order valence-corrected chi connectivity index (χ2v) is 12.6. The number of benzene rings is 1. The Hall–Kier alpha value is 0.0169. The normalized spacial score (nSPS) is 19.5. The first kappa shape index (κ1) is 13.4. The van der Waals surface area contributed by atoms with Crippen molar-refractivity contribution in [3.8, 4) is 0 Å². The highest BCUT2D eigenvalue weighted by Crippen LogP contribution is 2.47. The molecule has 0 aliphatic heterocycles. The number of hydrogen-bond donors (Lipinski definition) is 0. The van der Waals surface area contributed by atoms with Crippen molar-refractivity contribution in [2.75, 3.05) is 0 Å². The van der Waals surface area contributed by atoms with Crippen LogP contribution in [-0.2, 0) is 0 Å². The zero-order valence-corrected chi connectivity index (χ0v) is 12.8. The topological polar surface area (TPSA) is 0 Å². The smallest absolute Gasteiger partial charge is 0.146 e. The van der Waals surface area contributed by atoms with E-state index in [9.17, 15) is 0 Å². The first-order valence-electron chi connectivity index (χ1n) is 6.52. The van der Waals surface area contributed by atoms with Crippen LogP contribution in [0.15, 0.2) is 30.3 Å². The minimum absolute atomic E-state index is 0.485. The van der Waals surface area contributed by atoms with Crippen LogP contribution in [0.2, 0.25) is 11.6 Å². The third-order valence-electron chi connectivity index (χ3n) is 3.90. The standard InChI is InChI=1S/C14H20Cl2Si/c1-12(13-7-3-2-4-8-13)11-17(15,16)14-9-5-6-10-14/h2-4,7-8,12,14H,5-6,9-11H2,1H3. The summed E-state index contributed by atoms with van der Waals surface area (Å²) in [6, 6.07) is 11.6. The Morgan fingerprint density at radius 1 is 1.18 bits per heavy atom. The van der Waals surface area contributed by atoms with Gasteiger partial charge in [-0.1, -0.05) is 62.9 Å². The Labute approximate surface area is 115 Å². The van der Waals surface area contributed by atoms with Crippen molar-refractivity contribution in [3.05, 3.63) is 35.9 Å². The molecule has 0 amide bonds. The summed E-state index contributed by atoms with van der Waals surface area (Å²) >= 11 is 13.4. The molecule has 1 fully saturated rings. The lowest BCUT2D eigenvalue weighted by molar-refractivity contribution is 0.802. The molecule has 0 aromatic heterocycles. The predicted molar refractivity (Wildman–Crippen MR) is 79.3 cm³/mol. The number of halogens is 2. The van der Waals surface area contributed by atoms with Gasteiger partial charge >= 0.3 is 0 Å². The zero-order chi connectivity index (χ0) is 12.3. The molecule has 1 aromatic carbocycles. The summed E-state index contributed by atoms with van der Waals surface area (Å²) in [5.41, 5.74) is 1.99. The molecule has 0 nitrogen and oxygen atoms in total. The van der Waals surface area contributed by atoms with Crippen molar-refractivity contribution in [1.29, 1.82) is 0 Å². The summed E-state index contributed by atoms with van der Waals surface area (Å²) in [7, 11) is 0. The second-order valence-electron chi connectivity index (χ2n) is 5.26. The summed E-state index contributed by atoms with van der Waals surface area (Å²) < 4.78 is 0. The summed E-state index contributed by atoms with van der Waals surface area (Å²) in [5, 5.41) is 0. The van der Waals surface area contributed by atoms with Gasteiger partial charge in [-0.05, 0) is 23.1 Å². The second kappa shape index (κ2) is 5.77. The quantitative estimate of drug-likeness (QED) is 0.495. The molecule has 1 aliphatic rings. The molecule has 1 atom stereocenters. The largest absolute Gasteiger partial charge is 0.254 e. The first-order valence-corrected chi connectivity index (χ1v) is 10.8. The van der Waals surface area contributed by atoms with Gasteiger partial charge in [-0.15, -0.1) is 22.2 Å². The molecular weight excluding hydrogens is 267 g/mol. The fraction of sp³-hybridized carbons (Fsp3) is 0.571. The van der Waals surface area contributed by atoms with Gasteiger partial charge in [0.2, 0.25) is 0 Å². The molecule has 1 saturated carbocycles. The fourth-order valence-electron chi connectivity index (χ4n) is 2.82. The van der Waals surface area contributed by atoms with Crippen LogP contribution in [0.3, 0.4) is 0 Å². The lowest BCUT2D eigenvalue weighted by Gasteiger charge is -2.26. The third kappa shape index (κ3) is 3.49. The summed E-state index contributed by atoms with van der Waals surface area (Å²) in [4.78, 5) is 0. The van der Waals surface area contributed by atoms with E-state index < -0.39 is 6.69 Å². The van der Waals surface area contributed by atoms with Crippen LogP contribution in [-0.4, -0.2) is 6.69 Å². The van der Waals surface area contributed by atoms with E-state index >= 15 is 0 Å². The van der Waals surface area contributed by atoms with E-state index in [1.54, 1.807) is 0 Å². The molecule has 1 aromatic rings. The van der Waals surface area contributed by atoms with Gasteiger partial charge in [0.25, 0.3) is 6.69 Å². The Balaban J connectivity index is 2.00. The predicted octanol–water partition coefficient (Wildman–Crippen LogP) is 5.65. The van der Waals surface area contributed by atoms with Crippen LogP contribution in [0.5, 0.6) is 0 Å². The molecule has 3 heteroatoms. The van der Waals surface area contributed by atoms with Crippen molar-refractivity contribution in [3.63, 3.8) is 0 Å². The molecule has 1 aliphatic carbocycles. The summed E-state index contributed by atoms with van der Waals surface area (Å²) in [6.45, 7) is 0.175. The van der Waals surface area contributed by atoms with Crippen molar-refractivity contribution in [2.24, 2.45) is 0 Å². The first-order chi connectivity index (χ1) is 8.09.